The van der Waals surface area contributed by atoms with Gasteiger partial charge in [-0.05, 0) is 43.9 Å². The number of piperidine rings is 1. The number of nitrogens with zero attached hydrogens (tertiary/aromatic N) is 1. The average Bonchev–Trinajstić information content (AvgIpc) is 3.25. The SMILES string of the molecule is c1ccc(N2CCC(NCCC3CC3)CC2)cc1. The van der Waals surface area contributed by atoms with Crippen molar-refractivity contribution in [3.63, 3.8) is 0 Å². The number of anilines is 1. The van der Waals surface area contributed by atoms with Crippen molar-refractivity contribution < 1.29 is 0 Å². The molecule has 2 nitrogen and oxygen atoms in total. The lowest BCUT2D eigenvalue weighted by Gasteiger charge is -2.34. The van der Waals surface area contributed by atoms with Gasteiger partial charge in [0.1, 0.15) is 0 Å². The molecular weight excluding hydrogens is 220 g/mol. The number of para-hydroxylation sites is 1. The zero-order chi connectivity index (χ0) is 12.2. The largest absolute Gasteiger partial charge is 0.371 e. The first-order chi connectivity index (χ1) is 8.92. The van der Waals surface area contributed by atoms with Crippen LogP contribution in [0.3, 0.4) is 0 Å². The van der Waals surface area contributed by atoms with Crippen LogP contribution >= 0.6 is 0 Å². The van der Waals surface area contributed by atoms with Gasteiger partial charge in [-0.1, -0.05) is 31.0 Å². The monoisotopic (exact) mass is 244 g/mol. The van der Waals surface area contributed by atoms with Crippen LogP contribution in [0, 0.1) is 5.92 Å². The Kier molecular flexibility index (Phi) is 3.84. The molecule has 2 heteroatoms. The van der Waals surface area contributed by atoms with Crippen molar-refractivity contribution in [2.24, 2.45) is 5.92 Å². The van der Waals surface area contributed by atoms with E-state index in [-0.39, 0.29) is 0 Å². The molecule has 0 spiro atoms. The van der Waals surface area contributed by atoms with Gasteiger partial charge in [0, 0.05) is 24.8 Å². The molecule has 1 saturated carbocycles. The molecule has 0 unspecified atom stereocenters. The van der Waals surface area contributed by atoms with Crippen LogP contribution in [0.2, 0.25) is 0 Å². The van der Waals surface area contributed by atoms with Gasteiger partial charge in [0.15, 0.2) is 0 Å². The molecule has 98 valence electrons. The Labute approximate surface area is 110 Å². The van der Waals surface area contributed by atoms with E-state index in [0.717, 1.165) is 12.0 Å². The van der Waals surface area contributed by atoms with Gasteiger partial charge in [0.25, 0.3) is 0 Å². The predicted molar refractivity (Wildman–Crippen MR) is 77.0 cm³/mol. The smallest absolute Gasteiger partial charge is 0.0366 e. The van der Waals surface area contributed by atoms with Gasteiger partial charge >= 0.3 is 0 Å². The Morgan fingerprint density at radius 1 is 1.00 bits per heavy atom. The van der Waals surface area contributed by atoms with Crippen molar-refractivity contribution in [1.29, 1.82) is 0 Å². The first-order valence-corrected chi connectivity index (χ1v) is 7.45. The van der Waals surface area contributed by atoms with Gasteiger partial charge in [0.2, 0.25) is 0 Å². The quantitative estimate of drug-likeness (QED) is 0.856. The Balaban J connectivity index is 1.40. The van der Waals surface area contributed by atoms with Crippen LogP contribution in [0.15, 0.2) is 30.3 Å². The highest BCUT2D eigenvalue weighted by Gasteiger charge is 2.22. The second-order valence-corrected chi connectivity index (χ2v) is 5.78. The molecule has 1 saturated heterocycles. The predicted octanol–water partition coefficient (Wildman–Crippen LogP) is 3.05. The molecule has 0 radical (unpaired) electrons. The van der Waals surface area contributed by atoms with Crippen LogP contribution in [0.5, 0.6) is 0 Å². The Morgan fingerprint density at radius 3 is 2.39 bits per heavy atom. The maximum atomic E-state index is 3.74. The van der Waals surface area contributed by atoms with Crippen molar-refractivity contribution in [3.8, 4) is 0 Å². The first kappa shape index (κ1) is 12.0. The molecule has 1 aromatic carbocycles. The number of rotatable bonds is 5. The summed E-state index contributed by atoms with van der Waals surface area (Å²) in [5.74, 6) is 1.06. The summed E-state index contributed by atoms with van der Waals surface area (Å²) < 4.78 is 0. The molecule has 2 fully saturated rings. The molecule has 1 N–H and O–H groups in total. The van der Waals surface area contributed by atoms with Gasteiger partial charge in [-0.25, -0.2) is 0 Å². The minimum atomic E-state index is 0.753. The molecule has 0 aromatic heterocycles. The third-order valence-corrected chi connectivity index (χ3v) is 4.30. The van der Waals surface area contributed by atoms with Crippen molar-refractivity contribution in [2.45, 2.75) is 38.1 Å². The van der Waals surface area contributed by atoms with Crippen LogP contribution in [0.25, 0.3) is 0 Å². The summed E-state index contributed by atoms with van der Waals surface area (Å²) in [5.41, 5.74) is 1.38. The zero-order valence-electron chi connectivity index (χ0n) is 11.1. The van der Waals surface area contributed by atoms with E-state index in [2.05, 4.69) is 40.5 Å². The van der Waals surface area contributed by atoms with Crippen LogP contribution in [-0.2, 0) is 0 Å². The van der Waals surface area contributed by atoms with Crippen LogP contribution in [-0.4, -0.2) is 25.7 Å². The van der Waals surface area contributed by atoms with Crippen molar-refractivity contribution in [1.82, 2.24) is 5.32 Å². The standard InChI is InChI=1S/C16H24N2/c1-2-4-16(5-3-1)18-12-9-15(10-13-18)17-11-8-14-6-7-14/h1-5,14-15,17H,6-13H2. The lowest BCUT2D eigenvalue weighted by molar-refractivity contribution is 0.408. The summed E-state index contributed by atoms with van der Waals surface area (Å²) in [6.07, 6.45) is 6.94. The maximum absolute atomic E-state index is 3.74. The summed E-state index contributed by atoms with van der Waals surface area (Å²) in [6.45, 7) is 3.64. The number of nitrogens with one attached hydrogen (secondary N) is 1. The van der Waals surface area contributed by atoms with E-state index < -0.39 is 0 Å². The summed E-state index contributed by atoms with van der Waals surface area (Å²) in [5, 5.41) is 3.74. The van der Waals surface area contributed by atoms with Gasteiger partial charge < -0.3 is 10.2 Å². The highest BCUT2D eigenvalue weighted by atomic mass is 15.1. The molecule has 1 aliphatic heterocycles. The van der Waals surface area contributed by atoms with E-state index in [0.29, 0.717) is 0 Å². The molecule has 2 aliphatic rings. The van der Waals surface area contributed by atoms with E-state index >= 15 is 0 Å². The Bertz CT molecular complexity index is 351. The lowest BCUT2D eigenvalue weighted by Crippen LogP contribution is -2.42. The van der Waals surface area contributed by atoms with Crippen LogP contribution in [0.1, 0.15) is 32.1 Å². The lowest BCUT2D eigenvalue weighted by atomic mass is 10.0. The molecule has 0 bridgehead atoms. The summed E-state index contributed by atoms with van der Waals surface area (Å²) >= 11 is 0. The van der Waals surface area contributed by atoms with Crippen molar-refractivity contribution in [3.05, 3.63) is 30.3 Å². The minimum Gasteiger partial charge on any atom is -0.371 e. The van der Waals surface area contributed by atoms with Crippen molar-refractivity contribution in [2.75, 3.05) is 24.5 Å². The molecule has 0 atom stereocenters. The molecule has 1 aromatic rings. The summed E-state index contributed by atoms with van der Waals surface area (Å²) in [6, 6.07) is 11.6. The van der Waals surface area contributed by atoms with E-state index in [1.807, 2.05) is 0 Å². The molecule has 3 rings (SSSR count). The molecule has 18 heavy (non-hydrogen) atoms. The van der Waals surface area contributed by atoms with Gasteiger partial charge in [-0.2, -0.15) is 0 Å². The summed E-state index contributed by atoms with van der Waals surface area (Å²) in [7, 11) is 0. The van der Waals surface area contributed by atoms with Crippen LogP contribution < -0.4 is 10.2 Å². The van der Waals surface area contributed by atoms with Crippen molar-refractivity contribution >= 4 is 5.69 Å². The van der Waals surface area contributed by atoms with E-state index in [4.69, 9.17) is 0 Å². The maximum Gasteiger partial charge on any atom is 0.0366 e. The van der Waals surface area contributed by atoms with Crippen LogP contribution in [0.4, 0.5) is 5.69 Å². The number of benzene rings is 1. The summed E-state index contributed by atoms with van der Waals surface area (Å²) in [4.78, 5) is 2.51. The minimum absolute atomic E-state index is 0.753. The fourth-order valence-corrected chi connectivity index (χ4v) is 2.88. The third-order valence-electron chi connectivity index (χ3n) is 4.30. The third kappa shape index (κ3) is 3.26. The molecule has 1 heterocycles. The Hall–Kier alpha value is -1.02. The van der Waals surface area contributed by atoms with Gasteiger partial charge in [0.05, 0.1) is 0 Å². The average molecular weight is 244 g/mol. The highest BCUT2D eigenvalue weighted by Crippen LogP contribution is 2.31. The normalized spacial score (nSPS) is 21.2. The fraction of sp³-hybridized carbons (Fsp3) is 0.625. The van der Waals surface area contributed by atoms with Gasteiger partial charge in [-0.3, -0.25) is 0 Å². The Morgan fingerprint density at radius 2 is 1.72 bits per heavy atom. The van der Waals surface area contributed by atoms with Gasteiger partial charge in [-0.15, -0.1) is 0 Å². The second-order valence-electron chi connectivity index (χ2n) is 5.78. The highest BCUT2D eigenvalue weighted by molar-refractivity contribution is 5.46. The fourth-order valence-electron chi connectivity index (χ4n) is 2.88. The molecule has 1 aliphatic carbocycles. The zero-order valence-corrected chi connectivity index (χ0v) is 11.1. The van der Waals surface area contributed by atoms with E-state index in [1.54, 1.807) is 0 Å². The second kappa shape index (κ2) is 5.75. The number of hydrogen-bond acceptors (Lipinski definition) is 2. The number of hydrogen-bond donors (Lipinski definition) is 1. The molecule has 0 amide bonds. The van der Waals surface area contributed by atoms with E-state index in [9.17, 15) is 0 Å². The topological polar surface area (TPSA) is 15.3 Å². The molecular formula is C16H24N2. The van der Waals surface area contributed by atoms with E-state index in [1.165, 1.54) is 57.4 Å². The first-order valence-electron chi connectivity index (χ1n) is 7.45.